The molecule has 0 unspecified atom stereocenters. The van der Waals surface area contributed by atoms with Crippen molar-refractivity contribution in [2.24, 2.45) is 0 Å². The van der Waals surface area contributed by atoms with Crippen LogP contribution in [-0.2, 0) is 0 Å². The molecule has 1 amide bonds. The summed E-state index contributed by atoms with van der Waals surface area (Å²) >= 11 is 0. The fourth-order valence-electron chi connectivity index (χ4n) is 3.53. The van der Waals surface area contributed by atoms with E-state index in [4.69, 9.17) is 13.9 Å². The van der Waals surface area contributed by atoms with Crippen molar-refractivity contribution in [3.05, 3.63) is 51.6 Å². The van der Waals surface area contributed by atoms with E-state index in [0.717, 1.165) is 25.9 Å². The topological polar surface area (TPSA) is 89.8 Å². The zero-order chi connectivity index (χ0) is 18.8. The normalized spacial score (nSPS) is 16.2. The van der Waals surface area contributed by atoms with E-state index in [0.29, 0.717) is 41.7 Å². The Balaban J connectivity index is 0.00000225. The third-order valence-electron chi connectivity index (χ3n) is 4.94. The molecular formula is C20H23ClN2O5. The number of ether oxygens (including phenoxy) is 2. The van der Waals surface area contributed by atoms with Crippen molar-refractivity contribution < 1.29 is 18.7 Å². The summed E-state index contributed by atoms with van der Waals surface area (Å²) in [5, 5.41) is 6.03. The molecule has 1 aromatic heterocycles. The number of carbonyl (C=O) groups excluding carboxylic acids is 1. The molecule has 0 aliphatic carbocycles. The van der Waals surface area contributed by atoms with E-state index in [2.05, 4.69) is 10.6 Å². The van der Waals surface area contributed by atoms with Crippen LogP contribution in [-0.4, -0.2) is 32.2 Å². The largest absolute Gasteiger partial charge is 0.486 e. The molecule has 0 spiro atoms. The average Bonchev–Trinajstić information content (AvgIpc) is 2.68. The number of amides is 1. The molecule has 8 heteroatoms. The van der Waals surface area contributed by atoms with Gasteiger partial charge in [0.1, 0.15) is 24.5 Å². The molecule has 0 bridgehead atoms. The highest BCUT2D eigenvalue weighted by atomic mass is 35.5. The highest BCUT2D eigenvalue weighted by Gasteiger charge is 2.23. The van der Waals surface area contributed by atoms with E-state index in [1.54, 1.807) is 25.1 Å². The predicted octanol–water partition coefficient (Wildman–Crippen LogP) is 2.86. The number of rotatable bonds is 3. The monoisotopic (exact) mass is 406 g/mol. The Bertz CT molecular complexity index is 921. The summed E-state index contributed by atoms with van der Waals surface area (Å²) in [5.74, 6) is 1.60. The summed E-state index contributed by atoms with van der Waals surface area (Å²) in [6, 6.07) is 6.95. The molecule has 0 saturated carbocycles. The van der Waals surface area contributed by atoms with Crippen LogP contribution in [0.4, 0.5) is 5.69 Å². The Morgan fingerprint density at radius 2 is 1.82 bits per heavy atom. The summed E-state index contributed by atoms with van der Waals surface area (Å²) in [4.78, 5) is 25.1. The molecule has 2 aromatic rings. The van der Waals surface area contributed by atoms with Crippen molar-refractivity contribution in [3.8, 4) is 11.5 Å². The number of aryl methyl sites for hydroxylation is 1. The molecular weight excluding hydrogens is 384 g/mol. The van der Waals surface area contributed by atoms with E-state index in [-0.39, 0.29) is 23.9 Å². The highest BCUT2D eigenvalue weighted by molar-refractivity contribution is 6.05. The Hall–Kier alpha value is -2.51. The second-order valence-electron chi connectivity index (χ2n) is 6.83. The van der Waals surface area contributed by atoms with Gasteiger partial charge in [-0.1, -0.05) is 0 Å². The minimum absolute atomic E-state index is 0. The molecule has 2 aliphatic rings. The van der Waals surface area contributed by atoms with Gasteiger partial charge in [-0.3, -0.25) is 4.79 Å². The van der Waals surface area contributed by atoms with Gasteiger partial charge in [0.25, 0.3) is 5.91 Å². The van der Waals surface area contributed by atoms with Gasteiger partial charge >= 0.3 is 5.63 Å². The van der Waals surface area contributed by atoms with Gasteiger partial charge in [-0.05, 0) is 56.6 Å². The fraction of sp³-hybridized carbons (Fsp3) is 0.400. The third kappa shape index (κ3) is 4.15. The van der Waals surface area contributed by atoms with Gasteiger partial charge in [-0.15, -0.1) is 12.4 Å². The number of nitrogens with one attached hydrogen (secondary N) is 2. The fourth-order valence-corrected chi connectivity index (χ4v) is 3.53. The van der Waals surface area contributed by atoms with Crippen molar-refractivity contribution in [1.29, 1.82) is 0 Å². The van der Waals surface area contributed by atoms with Gasteiger partial charge in [0.15, 0.2) is 11.5 Å². The van der Waals surface area contributed by atoms with E-state index < -0.39 is 11.5 Å². The van der Waals surface area contributed by atoms with Crippen molar-refractivity contribution in [2.45, 2.75) is 25.7 Å². The second-order valence-corrected chi connectivity index (χ2v) is 6.83. The molecule has 2 aliphatic heterocycles. The van der Waals surface area contributed by atoms with Crippen molar-refractivity contribution >= 4 is 24.0 Å². The Labute approximate surface area is 168 Å². The highest BCUT2D eigenvalue weighted by Crippen LogP contribution is 2.33. The first-order valence-electron chi connectivity index (χ1n) is 9.18. The SMILES string of the molecule is Cc1cc(C2CCNCC2)oc(=O)c1C(=O)Nc1ccc2c(c1)OCCO2.Cl. The number of carbonyl (C=O) groups is 1. The van der Waals surface area contributed by atoms with Gasteiger partial charge in [0.05, 0.1) is 0 Å². The Morgan fingerprint density at radius 3 is 2.54 bits per heavy atom. The lowest BCUT2D eigenvalue weighted by Crippen LogP contribution is -2.28. The van der Waals surface area contributed by atoms with Gasteiger partial charge in [0.2, 0.25) is 0 Å². The van der Waals surface area contributed by atoms with E-state index in [1.165, 1.54) is 0 Å². The number of anilines is 1. The van der Waals surface area contributed by atoms with Crippen molar-refractivity contribution in [2.75, 3.05) is 31.6 Å². The van der Waals surface area contributed by atoms with Crippen LogP contribution in [0.15, 0.2) is 33.5 Å². The lowest BCUT2D eigenvalue weighted by atomic mass is 9.94. The van der Waals surface area contributed by atoms with Crippen LogP contribution in [0.25, 0.3) is 0 Å². The number of benzene rings is 1. The molecule has 28 heavy (non-hydrogen) atoms. The lowest BCUT2D eigenvalue weighted by Gasteiger charge is -2.22. The lowest BCUT2D eigenvalue weighted by molar-refractivity contribution is 0.102. The summed E-state index contributed by atoms with van der Waals surface area (Å²) in [5.41, 5.74) is 0.585. The van der Waals surface area contributed by atoms with Crippen LogP contribution in [0, 0.1) is 6.92 Å². The zero-order valence-electron chi connectivity index (χ0n) is 15.6. The molecule has 4 rings (SSSR count). The van der Waals surface area contributed by atoms with Crippen LogP contribution < -0.4 is 25.7 Å². The van der Waals surface area contributed by atoms with E-state index in [1.807, 2.05) is 6.07 Å². The molecule has 0 atom stereocenters. The summed E-state index contributed by atoms with van der Waals surface area (Å²) in [6.07, 6.45) is 1.84. The number of halogens is 1. The molecule has 150 valence electrons. The molecule has 0 radical (unpaired) electrons. The quantitative estimate of drug-likeness (QED) is 0.814. The number of piperidine rings is 1. The number of hydrogen-bond donors (Lipinski definition) is 2. The van der Waals surface area contributed by atoms with E-state index >= 15 is 0 Å². The van der Waals surface area contributed by atoms with Crippen LogP contribution in [0.5, 0.6) is 11.5 Å². The van der Waals surface area contributed by atoms with Crippen LogP contribution >= 0.6 is 12.4 Å². The number of hydrogen-bond acceptors (Lipinski definition) is 6. The minimum atomic E-state index is -0.599. The summed E-state index contributed by atoms with van der Waals surface area (Å²) in [6.45, 7) is 4.54. The smallest absolute Gasteiger partial charge is 0.349 e. The molecule has 1 fully saturated rings. The Morgan fingerprint density at radius 1 is 1.11 bits per heavy atom. The standard InChI is InChI=1S/C20H22N2O5.ClH/c1-12-10-16(13-4-6-21-7-5-13)27-20(24)18(12)19(23)22-14-2-3-15-17(11-14)26-9-8-25-15;/h2-3,10-11,13,21H,4-9H2,1H3,(H,22,23);1H. The molecule has 1 saturated heterocycles. The number of fused-ring (bicyclic) bond motifs is 1. The van der Waals surface area contributed by atoms with Gasteiger partial charge in [-0.25, -0.2) is 4.79 Å². The van der Waals surface area contributed by atoms with Gasteiger partial charge in [-0.2, -0.15) is 0 Å². The van der Waals surface area contributed by atoms with E-state index in [9.17, 15) is 9.59 Å². The molecule has 7 nitrogen and oxygen atoms in total. The zero-order valence-corrected chi connectivity index (χ0v) is 16.4. The van der Waals surface area contributed by atoms with Gasteiger partial charge in [0, 0.05) is 17.7 Å². The maximum atomic E-state index is 12.7. The first-order valence-corrected chi connectivity index (χ1v) is 9.18. The minimum Gasteiger partial charge on any atom is -0.486 e. The van der Waals surface area contributed by atoms with Crippen LogP contribution in [0.2, 0.25) is 0 Å². The molecule has 2 N–H and O–H groups in total. The molecule has 3 heterocycles. The second kappa shape index (κ2) is 8.67. The maximum Gasteiger partial charge on any atom is 0.349 e. The van der Waals surface area contributed by atoms with Crippen LogP contribution in [0.3, 0.4) is 0 Å². The molecule has 1 aromatic carbocycles. The van der Waals surface area contributed by atoms with Crippen LogP contribution in [0.1, 0.15) is 40.4 Å². The Kier molecular flexibility index (Phi) is 6.26. The summed E-state index contributed by atoms with van der Waals surface area (Å²) in [7, 11) is 0. The average molecular weight is 407 g/mol. The maximum absolute atomic E-state index is 12.7. The summed E-state index contributed by atoms with van der Waals surface area (Å²) < 4.78 is 16.5. The predicted molar refractivity (Wildman–Crippen MR) is 107 cm³/mol. The first kappa shape index (κ1) is 20.2. The first-order chi connectivity index (χ1) is 13.1. The van der Waals surface area contributed by atoms with Crippen molar-refractivity contribution in [3.63, 3.8) is 0 Å². The van der Waals surface area contributed by atoms with Crippen molar-refractivity contribution in [1.82, 2.24) is 5.32 Å². The van der Waals surface area contributed by atoms with Gasteiger partial charge < -0.3 is 24.5 Å². The third-order valence-corrected chi connectivity index (χ3v) is 4.94.